The molecule has 102 valence electrons. The van der Waals surface area contributed by atoms with Crippen molar-refractivity contribution >= 4 is 27.4 Å². The molecule has 3 atom stereocenters. The van der Waals surface area contributed by atoms with Gasteiger partial charge in [0, 0.05) is 6.04 Å². The SMILES string of the molecule is Cc1csc2c(NC3CCCC(C)C3C)ncnc12. The second-order valence-corrected chi connectivity index (χ2v) is 6.72. The van der Waals surface area contributed by atoms with Crippen LogP contribution in [0, 0.1) is 18.8 Å². The van der Waals surface area contributed by atoms with Gasteiger partial charge in [-0.05, 0) is 36.1 Å². The lowest BCUT2D eigenvalue weighted by molar-refractivity contribution is 0.253. The monoisotopic (exact) mass is 275 g/mol. The highest BCUT2D eigenvalue weighted by atomic mass is 32.1. The van der Waals surface area contributed by atoms with Gasteiger partial charge in [0.1, 0.15) is 12.1 Å². The molecular weight excluding hydrogens is 254 g/mol. The molecule has 0 radical (unpaired) electrons. The maximum absolute atomic E-state index is 4.46. The summed E-state index contributed by atoms with van der Waals surface area (Å²) < 4.78 is 1.20. The van der Waals surface area contributed by atoms with E-state index in [2.05, 4.69) is 41.4 Å². The molecule has 2 aromatic heterocycles. The van der Waals surface area contributed by atoms with Crippen LogP contribution >= 0.6 is 11.3 Å². The Labute approximate surface area is 118 Å². The first-order chi connectivity index (χ1) is 9.16. The van der Waals surface area contributed by atoms with Gasteiger partial charge in [0.25, 0.3) is 0 Å². The average Bonchev–Trinajstić information content (AvgIpc) is 2.78. The molecule has 0 amide bonds. The molecule has 0 bridgehead atoms. The quantitative estimate of drug-likeness (QED) is 0.891. The number of nitrogens with zero attached hydrogens (tertiary/aromatic N) is 2. The van der Waals surface area contributed by atoms with Crippen LogP contribution in [0.3, 0.4) is 0 Å². The summed E-state index contributed by atoms with van der Waals surface area (Å²) >= 11 is 1.74. The van der Waals surface area contributed by atoms with Gasteiger partial charge in [0.05, 0.1) is 10.2 Å². The molecule has 0 spiro atoms. The number of aromatic nitrogens is 2. The van der Waals surface area contributed by atoms with E-state index in [1.54, 1.807) is 17.7 Å². The molecule has 1 aliphatic carbocycles. The van der Waals surface area contributed by atoms with E-state index in [1.165, 1.54) is 29.5 Å². The van der Waals surface area contributed by atoms with Gasteiger partial charge in [-0.25, -0.2) is 9.97 Å². The van der Waals surface area contributed by atoms with Crippen LogP contribution in [0.15, 0.2) is 11.7 Å². The number of hydrogen-bond acceptors (Lipinski definition) is 4. The number of aryl methyl sites for hydroxylation is 1. The van der Waals surface area contributed by atoms with Crippen molar-refractivity contribution in [2.75, 3.05) is 5.32 Å². The standard InChI is InChI=1S/C15H21N3S/c1-9-5-4-6-12(11(9)3)18-15-14-13(16-8-17-15)10(2)7-19-14/h7-9,11-12H,4-6H2,1-3H3,(H,16,17,18). The summed E-state index contributed by atoms with van der Waals surface area (Å²) in [5, 5.41) is 5.84. The van der Waals surface area contributed by atoms with Gasteiger partial charge in [-0.2, -0.15) is 0 Å². The summed E-state index contributed by atoms with van der Waals surface area (Å²) in [5.41, 5.74) is 2.34. The lowest BCUT2D eigenvalue weighted by atomic mass is 9.78. The van der Waals surface area contributed by atoms with Crippen LogP contribution in [0.4, 0.5) is 5.82 Å². The summed E-state index contributed by atoms with van der Waals surface area (Å²) in [5.74, 6) is 2.53. The molecule has 1 fully saturated rings. The third kappa shape index (κ3) is 2.34. The molecule has 0 aromatic carbocycles. The topological polar surface area (TPSA) is 37.8 Å². The number of rotatable bonds is 2. The Morgan fingerprint density at radius 2 is 2.11 bits per heavy atom. The van der Waals surface area contributed by atoms with Gasteiger partial charge in [-0.1, -0.05) is 26.7 Å². The fraction of sp³-hybridized carbons (Fsp3) is 0.600. The van der Waals surface area contributed by atoms with Gasteiger partial charge >= 0.3 is 0 Å². The van der Waals surface area contributed by atoms with Gasteiger partial charge in [-0.3, -0.25) is 0 Å². The predicted molar refractivity (Wildman–Crippen MR) is 81.7 cm³/mol. The molecule has 3 nitrogen and oxygen atoms in total. The normalized spacial score (nSPS) is 27.6. The van der Waals surface area contributed by atoms with Crippen molar-refractivity contribution in [3.05, 3.63) is 17.3 Å². The van der Waals surface area contributed by atoms with Crippen molar-refractivity contribution in [3.8, 4) is 0 Å². The minimum absolute atomic E-state index is 0.546. The first kappa shape index (κ1) is 12.9. The molecule has 3 unspecified atom stereocenters. The maximum Gasteiger partial charge on any atom is 0.147 e. The van der Waals surface area contributed by atoms with Gasteiger partial charge < -0.3 is 5.32 Å². The smallest absolute Gasteiger partial charge is 0.147 e. The van der Waals surface area contributed by atoms with E-state index in [9.17, 15) is 0 Å². The Morgan fingerprint density at radius 3 is 2.95 bits per heavy atom. The fourth-order valence-electron chi connectivity index (χ4n) is 3.03. The van der Waals surface area contributed by atoms with Gasteiger partial charge in [0.15, 0.2) is 0 Å². The molecule has 1 aliphatic rings. The Kier molecular flexibility index (Phi) is 3.44. The van der Waals surface area contributed by atoms with E-state index in [0.29, 0.717) is 12.0 Å². The zero-order valence-electron chi connectivity index (χ0n) is 11.8. The Morgan fingerprint density at radius 1 is 1.26 bits per heavy atom. The highest BCUT2D eigenvalue weighted by Gasteiger charge is 2.27. The van der Waals surface area contributed by atoms with Crippen LogP contribution in [0.2, 0.25) is 0 Å². The lowest BCUT2D eigenvalue weighted by Crippen LogP contribution is -2.35. The minimum Gasteiger partial charge on any atom is -0.366 e. The zero-order chi connectivity index (χ0) is 13.4. The van der Waals surface area contributed by atoms with Crippen molar-refractivity contribution in [1.29, 1.82) is 0 Å². The summed E-state index contributed by atoms with van der Waals surface area (Å²) in [6.07, 6.45) is 5.61. The van der Waals surface area contributed by atoms with Crippen molar-refractivity contribution < 1.29 is 0 Å². The van der Waals surface area contributed by atoms with Crippen molar-refractivity contribution in [2.45, 2.75) is 46.1 Å². The molecule has 2 aromatic rings. The van der Waals surface area contributed by atoms with E-state index in [1.807, 2.05) is 0 Å². The zero-order valence-corrected chi connectivity index (χ0v) is 12.6. The van der Waals surface area contributed by atoms with Crippen LogP contribution in [0.25, 0.3) is 10.2 Å². The second kappa shape index (κ2) is 5.08. The number of fused-ring (bicyclic) bond motifs is 1. The number of thiophene rings is 1. The molecule has 1 N–H and O–H groups in total. The average molecular weight is 275 g/mol. The lowest BCUT2D eigenvalue weighted by Gasteiger charge is -2.34. The third-order valence-corrected chi connectivity index (χ3v) is 5.65. The van der Waals surface area contributed by atoms with E-state index in [0.717, 1.165) is 17.3 Å². The van der Waals surface area contributed by atoms with Gasteiger partial charge in [0.2, 0.25) is 0 Å². The van der Waals surface area contributed by atoms with Crippen LogP contribution in [-0.4, -0.2) is 16.0 Å². The number of hydrogen-bond donors (Lipinski definition) is 1. The molecule has 0 aliphatic heterocycles. The molecule has 19 heavy (non-hydrogen) atoms. The van der Waals surface area contributed by atoms with E-state index in [4.69, 9.17) is 0 Å². The van der Waals surface area contributed by atoms with Crippen molar-refractivity contribution in [1.82, 2.24) is 9.97 Å². The van der Waals surface area contributed by atoms with Crippen molar-refractivity contribution in [2.24, 2.45) is 11.8 Å². The molecule has 3 rings (SSSR count). The van der Waals surface area contributed by atoms with Crippen LogP contribution < -0.4 is 5.32 Å². The summed E-state index contributed by atoms with van der Waals surface area (Å²) in [6, 6.07) is 0.546. The number of nitrogens with one attached hydrogen (secondary N) is 1. The largest absolute Gasteiger partial charge is 0.366 e. The minimum atomic E-state index is 0.546. The van der Waals surface area contributed by atoms with Crippen LogP contribution in [0.5, 0.6) is 0 Å². The molecule has 1 saturated carbocycles. The van der Waals surface area contributed by atoms with E-state index < -0.39 is 0 Å². The maximum atomic E-state index is 4.46. The Hall–Kier alpha value is -1.16. The molecule has 4 heteroatoms. The summed E-state index contributed by atoms with van der Waals surface area (Å²) in [6.45, 7) is 6.84. The van der Waals surface area contributed by atoms with Crippen LogP contribution in [0.1, 0.15) is 38.7 Å². The van der Waals surface area contributed by atoms with Crippen molar-refractivity contribution in [3.63, 3.8) is 0 Å². The third-order valence-electron chi connectivity index (χ3n) is 4.56. The molecule has 0 saturated heterocycles. The molecular formula is C15H21N3S. The van der Waals surface area contributed by atoms with Crippen LogP contribution in [-0.2, 0) is 0 Å². The predicted octanol–water partition coefficient (Wildman–Crippen LogP) is 4.24. The second-order valence-electron chi connectivity index (χ2n) is 5.84. The van der Waals surface area contributed by atoms with E-state index >= 15 is 0 Å². The first-order valence-electron chi connectivity index (χ1n) is 7.12. The van der Waals surface area contributed by atoms with Gasteiger partial charge in [-0.15, -0.1) is 11.3 Å². The Balaban J connectivity index is 1.89. The number of anilines is 1. The Bertz CT molecular complexity index is 578. The summed E-state index contributed by atoms with van der Waals surface area (Å²) in [7, 11) is 0. The summed E-state index contributed by atoms with van der Waals surface area (Å²) in [4.78, 5) is 8.85. The highest BCUT2D eigenvalue weighted by Crippen LogP contribution is 2.34. The molecule has 2 heterocycles. The first-order valence-corrected chi connectivity index (χ1v) is 8.00. The highest BCUT2D eigenvalue weighted by molar-refractivity contribution is 7.18. The van der Waals surface area contributed by atoms with E-state index in [-0.39, 0.29) is 0 Å². The fourth-order valence-corrected chi connectivity index (χ4v) is 3.99.